The van der Waals surface area contributed by atoms with Gasteiger partial charge in [0.15, 0.2) is 0 Å². The van der Waals surface area contributed by atoms with Crippen molar-refractivity contribution in [3.63, 3.8) is 0 Å². The molecule has 1 rings (SSSR count). The highest BCUT2D eigenvalue weighted by molar-refractivity contribution is 5.77. The summed E-state index contributed by atoms with van der Waals surface area (Å²) in [6.45, 7) is 7.71. The average Bonchev–Trinajstić information content (AvgIpc) is 2.61. The standard InChI is InChI=1S/C11H20N4O/c1-9(2)13-7-11(16)12-4-5-15-8-10(3)6-14-15/h6,8-9,13H,4-5,7H2,1-3H3,(H,12,16). The molecule has 0 radical (unpaired) electrons. The molecule has 1 amide bonds. The predicted molar refractivity (Wildman–Crippen MR) is 63.1 cm³/mol. The van der Waals surface area contributed by atoms with Crippen LogP contribution in [0.2, 0.25) is 0 Å². The van der Waals surface area contributed by atoms with Gasteiger partial charge in [0.1, 0.15) is 0 Å². The van der Waals surface area contributed by atoms with Crippen molar-refractivity contribution in [2.45, 2.75) is 33.4 Å². The Hall–Kier alpha value is -1.36. The highest BCUT2D eigenvalue weighted by atomic mass is 16.1. The normalized spacial score (nSPS) is 10.8. The first-order chi connectivity index (χ1) is 7.58. The van der Waals surface area contributed by atoms with Gasteiger partial charge in [0.05, 0.1) is 19.3 Å². The zero-order valence-electron chi connectivity index (χ0n) is 10.2. The lowest BCUT2D eigenvalue weighted by Crippen LogP contribution is -2.38. The third-order valence-electron chi connectivity index (χ3n) is 2.10. The summed E-state index contributed by atoms with van der Waals surface area (Å²) in [5.74, 6) is 0.0255. The molecule has 1 aromatic heterocycles. The third kappa shape index (κ3) is 4.93. The predicted octanol–water partition coefficient (Wildman–Crippen LogP) is 0.306. The topological polar surface area (TPSA) is 59.0 Å². The van der Waals surface area contributed by atoms with Crippen LogP contribution >= 0.6 is 0 Å². The number of aryl methyl sites for hydroxylation is 1. The Morgan fingerprint density at radius 2 is 2.31 bits per heavy atom. The second-order valence-electron chi connectivity index (χ2n) is 4.17. The van der Waals surface area contributed by atoms with Crippen molar-refractivity contribution in [1.82, 2.24) is 20.4 Å². The zero-order valence-corrected chi connectivity index (χ0v) is 10.2. The average molecular weight is 224 g/mol. The minimum Gasteiger partial charge on any atom is -0.353 e. The number of amides is 1. The van der Waals surface area contributed by atoms with E-state index >= 15 is 0 Å². The van der Waals surface area contributed by atoms with Gasteiger partial charge in [-0.25, -0.2) is 0 Å². The van der Waals surface area contributed by atoms with Crippen molar-refractivity contribution in [3.05, 3.63) is 18.0 Å². The summed E-state index contributed by atoms with van der Waals surface area (Å²) in [6.07, 6.45) is 3.76. The van der Waals surface area contributed by atoms with E-state index in [1.165, 1.54) is 0 Å². The number of nitrogens with one attached hydrogen (secondary N) is 2. The van der Waals surface area contributed by atoms with Crippen molar-refractivity contribution in [2.24, 2.45) is 0 Å². The van der Waals surface area contributed by atoms with E-state index < -0.39 is 0 Å². The fraction of sp³-hybridized carbons (Fsp3) is 0.636. The lowest BCUT2D eigenvalue weighted by atomic mass is 10.4. The summed E-state index contributed by atoms with van der Waals surface area (Å²) >= 11 is 0. The maximum Gasteiger partial charge on any atom is 0.234 e. The number of rotatable bonds is 6. The maximum atomic E-state index is 11.3. The lowest BCUT2D eigenvalue weighted by molar-refractivity contribution is -0.120. The number of carbonyl (C=O) groups is 1. The molecule has 0 aliphatic carbocycles. The first-order valence-corrected chi connectivity index (χ1v) is 5.57. The van der Waals surface area contributed by atoms with E-state index in [1.807, 2.05) is 37.8 Å². The number of hydrogen-bond acceptors (Lipinski definition) is 3. The van der Waals surface area contributed by atoms with Crippen LogP contribution in [0.3, 0.4) is 0 Å². The van der Waals surface area contributed by atoms with Gasteiger partial charge < -0.3 is 10.6 Å². The number of aromatic nitrogens is 2. The van der Waals surface area contributed by atoms with Crippen molar-refractivity contribution >= 4 is 5.91 Å². The molecule has 0 bridgehead atoms. The van der Waals surface area contributed by atoms with Crippen LogP contribution in [-0.2, 0) is 11.3 Å². The van der Waals surface area contributed by atoms with Gasteiger partial charge in [0.25, 0.3) is 0 Å². The van der Waals surface area contributed by atoms with Crippen LogP contribution in [0.25, 0.3) is 0 Å². The summed E-state index contributed by atoms with van der Waals surface area (Å²) in [5, 5.41) is 10.0. The van der Waals surface area contributed by atoms with Crippen LogP contribution in [-0.4, -0.2) is 34.8 Å². The molecule has 0 unspecified atom stereocenters. The van der Waals surface area contributed by atoms with E-state index in [0.717, 1.165) is 5.56 Å². The molecule has 0 atom stereocenters. The van der Waals surface area contributed by atoms with Gasteiger partial charge in [0, 0.05) is 18.8 Å². The molecule has 1 aromatic rings. The summed E-state index contributed by atoms with van der Waals surface area (Å²) in [6, 6.07) is 0.333. The van der Waals surface area contributed by atoms with E-state index in [2.05, 4.69) is 15.7 Å². The Balaban J connectivity index is 2.13. The number of hydrogen-bond donors (Lipinski definition) is 2. The molecular weight excluding hydrogens is 204 g/mol. The monoisotopic (exact) mass is 224 g/mol. The summed E-state index contributed by atoms with van der Waals surface area (Å²) in [5.41, 5.74) is 1.13. The van der Waals surface area contributed by atoms with Gasteiger partial charge in [-0.3, -0.25) is 9.48 Å². The summed E-state index contributed by atoms with van der Waals surface area (Å²) < 4.78 is 1.82. The van der Waals surface area contributed by atoms with Gasteiger partial charge in [-0.05, 0) is 12.5 Å². The van der Waals surface area contributed by atoms with E-state index in [9.17, 15) is 4.79 Å². The van der Waals surface area contributed by atoms with Crippen LogP contribution in [0.15, 0.2) is 12.4 Å². The van der Waals surface area contributed by atoms with Crippen LogP contribution in [0.4, 0.5) is 0 Å². The Kier molecular flexibility index (Phi) is 4.98. The van der Waals surface area contributed by atoms with Crippen molar-refractivity contribution in [1.29, 1.82) is 0 Å². The van der Waals surface area contributed by atoms with Gasteiger partial charge >= 0.3 is 0 Å². The molecule has 16 heavy (non-hydrogen) atoms. The molecular formula is C11H20N4O. The largest absolute Gasteiger partial charge is 0.353 e. The minimum atomic E-state index is 0.0255. The van der Waals surface area contributed by atoms with Gasteiger partial charge in [-0.1, -0.05) is 13.8 Å². The first kappa shape index (κ1) is 12.7. The lowest BCUT2D eigenvalue weighted by Gasteiger charge is -2.08. The summed E-state index contributed by atoms with van der Waals surface area (Å²) in [7, 11) is 0. The third-order valence-corrected chi connectivity index (χ3v) is 2.10. The zero-order chi connectivity index (χ0) is 12.0. The smallest absolute Gasteiger partial charge is 0.234 e. The molecule has 0 saturated carbocycles. The molecule has 0 fully saturated rings. The molecule has 0 saturated heterocycles. The fourth-order valence-electron chi connectivity index (χ4n) is 1.26. The number of nitrogens with zero attached hydrogens (tertiary/aromatic N) is 2. The molecule has 0 spiro atoms. The van der Waals surface area contributed by atoms with E-state index in [0.29, 0.717) is 25.7 Å². The minimum absolute atomic E-state index is 0.0255. The molecule has 2 N–H and O–H groups in total. The highest BCUT2D eigenvalue weighted by Gasteiger charge is 2.01. The first-order valence-electron chi connectivity index (χ1n) is 5.57. The van der Waals surface area contributed by atoms with E-state index in [4.69, 9.17) is 0 Å². The van der Waals surface area contributed by atoms with Gasteiger partial charge in [-0.2, -0.15) is 5.10 Å². The second kappa shape index (κ2) is 6.27. The van der Waals surface area contributed by atoms with Gasteiger partial charge in [-0.15, -0.1) is 0 Å². The van der Waals surface area contributed by atoms with Crippen LogP contribution in [0.5, 0.6) is 0 Å². The Bertz CT molecular complexity index is 332. The second-order valence-corrected chi connectivity index (χ2v) is 4.17. The Labute approximate surface area is 96.2 Å². The van der Waals surface area contributed by atoms with E-state index in [1.54, 1.807) is 0 Å². The van der Waals surface area contributed by atoms with Crippen LogP contribution in [0.1, 0.15) is 19.4 Å². The van der Waals surface area contributed by atoms with Crippen LogP contribution < -0.4 is 10.6 Å². The van der Waals surface area contributed by atoms with Crippen molar-refractivity contribution in [2.75, 3.05) is 13.1 Å². The van der Waals surface area contributed by atoms with Crippen LogP contribution in [0, 0.1) is 6.92 Å². The highest BCUT2D eigenvalue weighted by Crippen LogP contribution is 1.92. The van der Waals surface area contributed by atoms with Crippen molar-refractivity contribution < 1.29 is 4.79 Å². The van der Waals surface area contributed by atoms with Crippen molar-refractivity contribution in [3.8, 4) is 0 Å². The van der Waals surface area contributed by atoms with E-state index in [-0.39, 0.29) is 5.91 Å². The molecule has 0 aliphatic rings. The molecule has 90 valence electrons. The van der Waals surface area contributed by atoms with Gasteiger partial charge in [0.2, 0.25) is 5.91 Å². The molecule has 1 heterocycles. The molecule has 0 aromatic carbocycles. The SMILES string of the molecule is Cc1cnn(CCNC(=O)CNC(C)C)c1. The fourth-order valence-corrected chi connectivity index (χ4v) is 1.26. The summed E-state index contributed by atoms with van der Waals surface area (Å²) in [4.78, 5) is 11.3. The quantitative estimate of drug-likeness (QED) is 0.731. The molecule has 5 heteroatoms. The molecule has 0 aliphatic heterocycles. The number of carbonyl (C=O) groups excluding carboxylic acids is 1. The Morgan fingerprint density at radius 1 is 1.56 bits per heavy atom. The molecule has 5 nitrogen and oxygen atoms in total. The Morgan fingerprint density at radius 3 is 2.88 bits per heavy atom. The maximum absolute atomic E-state index is 11.3.